The summed E-state index contributed by atoms with van der Waals surface area (Å²) in [6.07, 6.45) is 0.0529. The highest BCUT2D eigenvalue weighted by Gasteiger charge is 2.16. The molecule has 2 aromatic rings. The molecule has 3 nitrogen and oxygen atoms in total. The largest absolute Gasteiger partial charge is 0.362 e. The van der Waals surface area contributed by atoms with Crippen molar-refractivity contribution in [2.75, 3.05) is 5.32 Å². The topological polar surface area (TPSA) is 37.8 Å². The van der Waals surface area contributed by atoms with Gasteiger partial charge >= 0.3 is 0 Å². The first-order chi connectivity index (χ1) is 9.49. The Balaban J connectivity index is 2.24. The molecule has 20 heavy (non-hydrogen) atoms. The minimum absolute atomic E-state index is 0.0659. The SMILES string of the molecule is CC(F)c1ncnc(NC(C)c2cccc(Cl)c2)c1Cl. The smallest absolute Gasteiger partial charge is 0.149 e. The Kier molecular flexibility index (Phi) is 4.78. The van der Waals surface area contributed by atoms with Gasteiger partial charge in [-0.05, 0) is 31.5 Å². The van der Waals surface area contributed by atoms with Gasteiger partial charge in [-0.15, -0.1) is 0 Å². The Morgan fingerprint density at radius 2 is 1.95 bits per heavy atom. The first-order valence-electron chi connectivity index (χ1n) is 6.15. The number of alkyl halides is 1. The Labute approximate surface area is 127 Å². The number of nitrogens with one attached hydrogen (secondary N) is 1. The number of benzene rings is 1. The third kappa shape index (κ3) is 3.38. The third-order valence-electron chi connectivity index (χ3n) is 2.90. The van der Waals surface area contributed by atoms with Gasteiger partial charge in [0.2, 0.25) is 0 Å². The predicted molar refractivity (Wildman–Crippen MR) is 80.1 cm³/mol. The molecule has 0 spiro atoms. The summed E-state index contributed by atoms with van der Waals surface area (Å²) in [6.45, 7) is 3.33. The summed E-state index contributed by atoms with van der Waals surface area (Å²) in [6, 6.07) is 7.40. The lowest BCUT2D eigenvalue weighted by Crippen LogP contribution is -2.10. The third-order valence-corrected chi connectivity index (χ3v) is 3.50. The number of halogens is 3. The summed E-state index contributed by atoms with van der Waals surface area (Å²) < 4.78 is 13.4. The summed E-state index contributed by atoms with van der Waals surface area (Å²) in [5.74, 6) is 0.411. The second-order valence-corrected chi connectivity index (χ2v) is 5.27. The fourth-order valence-corrected chi connectivity index (χ4v) is 2.33. The molecule has 0 fully saturated rings. The van der Waals surface area contributed by atoms with Crippen molar-refractivity contribution in [3.63, 3.8) is 0 Å². The molecule has 2 rings (SSSR count). The first-order valence-corrected chi connectivity index (χ1v) is 6.91. The lowest BCUT2D eigenvalue weighted by atomic mass is 10.1. The molecule has 1 aromatic carbocycles. The Morgan fingerprint density at radius 1 is 1.20 bits per heavy atom. The molecule has 0 aliphatic rings. The second kappa shape index (κ2) is 6.37. The van der Waals surface area contributed by atoms with Crippen LogP contribution in [0.4, 0.5) is 10.2 Å². The molecule has 0 aliphatic carbocycles. The van der Waals surface area contributed by atoms with Crippen molar-refractivity contribution in [2.24, 2.45) is 0 Å². The molecule has 0 aliphatic heterocycles. The lowest BCUT2D eigenvalue weighted by molar-refractivity contribution is 0.365. The van der Waals surface area contributed by atoms with E-state index in [1.165, 1.54) is 13.3 Å². The molecular formula is C14H14Cl2FN3. The number of hydrogen-bond acceptors (Lipinski definition) is 3. The van der Waals surface area contributed by atoms with E-state index in [0.717, 1.165) is 5.56 Å². The van der Waals surface area contributed by atoms with Gasteiger partial charge in [-0.1, -0.05) is 35.3 Å². The Hall–Kier alpha value is -1.39. The maximum atomic E-state index is 13.4. The van der Waals surface area contributed by atoms with Gasteiger partial charge in [0.25, 0.3) is 0 Å². The van der Waals surface area contributed by atoms with Crippen LogP contribution in [0.2, 0.25) is 10.0 Å². The zero-order valence-electron chi connectivity index (χ0n) is 11.1. The van der Waals surface area contributed by atoms with Gasteiger partial charge in [-0.2, -0.15) is 0 Å². The van der Waals surface area contributed by atoms with Gasteiger partial charge in [0.05, 0.1) is 11.7 Å². The van der Waals surface area contributed by atoms with Crippen LogP contribution >= 0.6 is 23.2 Å². The molecule has 0 saturated heterocycles. The molecule has 106 valence electrons. The highest BCUT2D eigenvalue weighted by molar-refractivity contribution is 6.33. The fraction of sp³-hybridized carbons (Fsp3) is 0.286. The van der Waals surface area contributed by atoms with Gasteiger partial charge < -0.3 is 5.32 Å². The summed E-state index contributed by atoms with van der Waals surface area (Å²) in [5.41, 5.74) is 1.17. The number of aromatic nitrogens is 2. The van der Waals surface area contributed by atoms with E-state index in [1.807, 2.05) is 25.1 Å². The van der Waals surface area contributed by atoms with Crippen molar-refractivity contribution < 1.29 is 4.39 Å². The average Bonchev–Trinajstić information content (AvgIpc) is 2.40. The molecule has 0 bridgehead atoms. The minimum atomic E-state index is -1.24. The summed E-state index contributed by atoms with van der Waals surface area (Å²) >= 11 is 12.1. The van der Waals surface area contributed by atoms with Crippen LogP contribution in [0.5, 0.6) is 0 Å². The van der Waals surface area contributed by atoms with E-state index in [4.69, 9.17) is 23.2 Å². The summed E-state index contributed by atoms with van der Waals surface area (Å²) in [7, 11) is 0. The van der Waals surface area contributed by atoms with Crippen LogP contribution in [-0.2, 0) is 0 Å². The second-order valence-electron chi connectivity index (χ2n) is 4.46. The van der Waals surface area contributed by atoms with Crippen molar-refractivity contribution in [1.82, 2.24) is 9.97 Å². The predicted octanol–water partition coefficient (Wildman–Crippen LogP) is 4.99. The Morgan fingerprint density at radius 3 is 2.60 bits per heavy atom. The minimum Gasteiger partial charge on any atom is -0.362 e. The van der Waals surface area contributed by atoms with Gasteiger partial charge in [0.1, 0.15) is 23.3 Å². The van der Waals surface area contributed by atoms with Crippen LogP contribution in [0.3, 0.4) is 0 Å². The van der Waals surface area contributed by atoms with E-state index in [1.54, 1.807) is 6.07 Å². The van der Waals surface area contributed by atoms with Crippen LogP contribution in [-0.4, -0.2) is 9.97 Å². The molecule has 0 saturated carbocycles. The number of anilines is 1. The van der Waals surface area contributed by atoms with Crippen molar-refractivity contribution in [1.29, 1.82) is 0 Å². The standard InChI is InChI=1S/C14H14Cl2FN3/c1-8(17)13-12(16)14(19-7-18-13)20-9(2)10-4-3-5-11(15)6-10/h3-9H,1-2H3,(H,18,19,20). The first kappa shape index (κ1) is 15.0. The van der Waals surface area contributed by atoms with E-state index in [9.17, 15) is 4.39 Å². The molecule has 2 unspecified atom stereocenters. The van der Waals surface area contributed by atoms with Gasteiger partial charge in [0.15, 0.2) is 0 Å². The fourth-order valence-electron chi connectivity index (χ4n) is 1.83. The van der Waals surface area contributed by atoms with Crippen molar-refractivity contribution in [3.05, 3.63) is 51.9 Å². The zero-order valence-corrected chi connectivity index (χ0v) is 12.6. The summed E-state index contributed by atoms with van der Waals surface area (Å²) in [4.78, 5) is 7.91. The maximum Gasteiger partial charge on any atom is 0.149 e. The molecule has 2 atom stereocenters. The van der Waals surface area contributed by atoms with Crippen LogP contribution in [0.1, 0.15) is 37.3 Å². The van der Waals surface area contributed by atoms with Crippen LogP contribution < -0.4 is 5.32 Å². The zero-order chi connectivity index (χ0) is 14.7. The van der Waals surface area contributed by atoms with E-state index < -0.39 is 6.17 Å². The summed E-state index contributed by atoms with van der Waals surface area (Å²) in [5, 5.41) is 4.00. The number of hydrogen-bond donors (Lipinski definition) is 1. The van der Waals surface area contributed by atoms with E-state index in [0.29, 0.717) is 10.8 Å². The van der Waals surface area contributed by atoms with Crippen molar-refractivity contribution in [2.45, 2.75) is 26.1 Å². The monoisotopic (exact) mass is 313 g/mol. The molecule has 1 aromatic heterocycles. The normalized spacial score (nSPS) is 13.8. The van der Waals surface area contributed by atoms with E-state index >= 15 is 0 Å². The van der Waals surface area contributed by atoms with Crippen molar-refractivity contribution in [3.8, 4) is 0 Å². The molecule has 0 amide bonds. The Bertz CT molecular complexity index is 605. The maximum absolute atomic E-state index is 13.4. The van der Waals surface area contributed by atoms with Gasteiger partial charge in [0, 0.05) is 5.02 Å². The molecular weight excluding hydrogens is 300 g/mol. The number of rotatable bonds is 4. The quantitative estimate of drug-likeness (QED) is 0.864. The molecule has 1 N–H and O–H groups in total. The van der Waals surface area contributed by atoms with Gasteiger partial charge in [-0.25, -0.2) is 14.4 Å². The van der Waals surface area contributed by atoms with Crippen molar-refractivity contribution >= 4 is 29.0 Å². The molecule has 1 heterocycles. The highest BCUT2D eigenvalue weighted by Crippen LogP contribution is 2.30. The van der Waals surface area contributed by atoms with E-state index in [2.05, 4.69) is 15.3 Å². The number of nitrogens with zero attached hydrogens (tertiary/aromatic N) is 2. The molecule has 6 heteroatoms. The van der Waals surface area contributed by atoms with Crippen LogP contribution in [0.25, 0.3) is 0 Å². The van der Waals surface area contributed by atoms with Crippen LogP contribution in [0.15, 0.2) is 30.6 Å². The lowest BCUT2D eigenvalue weighted by Gasteiger charge is -2.17. The van der Waals surface area contributed by atoms with E-state index in [-0.39, 0.29) is 16.8 Å². The molecule has 0 radical (unpaired) electrons. The van der Waals surface area contributed by atoms with Crippen LogP contribution in [0, 0.1) is 0 Å². The highest BCUT2D eigenvalue weighted by atomic mass is 35.5. The average molecular weight is 314 g/mol. The van der Waals surface area contributed by atoms with Gasteiger partial charge in [-0.3, -0.25) is 0 Å².